The lowest BCUT2D eigenvalue weighted by Gasteiger charge is -2.21. The van der Waals surface area contributed by atoms with E-state index in [1.54, 1.807) is 0 Å². The Labute approximate surface area is 124 Å². The summed E-state index contributed by atoms with van der Waals surface area (Å²) in [4.78, 5) is 18.5. The minimum atomic E-state index is -0.0611. The number of nitrogens with zero attached hydrogens (tertiary/aromatic N) is 3. The highest BCUT2D eigenvalue weighted by molar-refractivity contribution is 5.76. The van der Waals surface area contributed by atoms with Gasteiger partial charge in [-0.2, -0.15) is 4.98 Å². The second-order valence-electron chi connectivity index (χ2n) is 5.32. The molecule has 0 bridgehead atoms. The monoisotopic (exact) mass is 285 g/mol. The maximum absolute atomic E-state index is 12.1. The van der Waals surface area contributed by atoms with Crippen LogP contribution >= 0.6 is 0 Å². The van der Waals surface area contributed by atoms with Crippen LogP contribution < -0.4 is 0 Å². The molecule has 1 atom stereocenters. The van der Waals surface area contributed by atoms with Crippen molar-refractivity contribution in [3.8, 4) is 11.4 Å². The van der Waals surface area contributed by atoms with E-state index < -0.39 is 0 Å². The van der Waals surface area contributed by atoms with E-state index in [1.165, 1.54) is 0 Å². The van der Waals surface area contributed by atoms with Gasteiger partial charge in [0.1, 0.15) is 6.04 Å². The van der Waals surface area contributed by atoms with Crippen LogP contribution in [0, 0.1) is 0 Å². The molecular weight excluding hydrogens is 266 g/mol. The Kier molecular flexibility index (Phi) is 3.99. The molecule has 0 unspecified atom stereocenters. The highest BCUT2D eigenvalue weighted by Gasteiger charge is 2.33. The van der Waals surface area contributed by atoms with Gasteiger partial charge in [-0.1, -0.05) is 42.4 Å². The summed E-state index contributed by atoms with van der Waals surface area (Å²) in [6, 6.07) is 9.67. The SMILES string of the molecule is CCCC(=O)N1CCC[C@H]1c1nc(-c2ccccc2)no1. The second-order valence-corrected chi connectivity index (χ2v) is 5.32. The zero-order valence-corrected chi connectivity index (χ0v) is 12.2. The molecule has 5 nitrogen and oxygen atoms in total. The van der Waals surface area contributed by atoms with Crippen LogP contribution in [0.4, 0.5) is 0 Å². The quantitative estimate of drug-likeness (QED) is 0.865. The van der Waals surface area contributed by atoms with Crippen LogP contribution in [0.25, 0.3) is 11.4 Å². The molecule has 5 heteroatoms. The predicted molar refractivity (Wildman–Crippen MR) is 78.3 cm³/mol. The Morgan fingerprint density at radius 2 is 2.19 bits per heavy atom. The first kappa shape index (κ1) is 13.8. The lowest BCUT2D eigenvalue weighted by atomic mass is 10.2. The van der Waals surface area contributed by atoms with E-state index in [0.29, 0.717) is 18.1 Å². The summed E-state index contributed by atoms with van der Waals surface area (Å²) in [6.07, 6.45) is 3.33. The van der Waals surface area contributed by atoms with Crippen LogP contribution in [0.15, 0.2) is 34.9 Å². The fraction of sp³-hybridized carbons (Fsp3) is 0.438. The molecular formula is C16H19N3O2. The molecule has 3 rings (SSSR count). The lowest BCUT2D eigenvalue weighted by molar-refractivity contribution is -0.132. The van der Waals surface area contributed by atoms with Crippen LogP contribution in [-0.2, 0) is 4.79 Å². The zero-order chi connectivity index (χ0) is 14.7. The summed E-state index contributed by atoms with van der Waals surface area (Å²) in [5.41, 5.74) is 0.928. The van der Waals surface area contributed by atoms with Crippen molar-refractivity contribution < 1.29 is 9.32 Å². The van der Waals surface area contributed by atoms with Crippen molar-refractivity contribution in [1.29, 1.82) is 0 Å². The number of benzene rings is 1. The molecule has 0 radical (unpaired) electrons. The third-order valence-electron chi connectivity index (χ3n) is 3.80. The first-order chi connectivity index (χ1) is 10.3. The summed E-state index contributed by atoms with van der Waals surface area (Å²) in [7, 11) is 0. The molecule has 0 spiro atoms. The highest BCUT2D eigenvalue weighted by Crippen LogP contribution is 2.32. The minimum absolute atomic E-state index is 0.0611. The molecule has 0 saturated carbocycles. The van der Waals surface area contributed by atoms with Crippen LogP contribution in [0.2, 0.25) is 0 Å². The smallest absolute Gasteiger partial charge is 0.249 e. The lowest BCUT2D eigenvalue weighted by Crippen LogP contribution is -2.30. The van der Waals surface area contributed by atoms with Gasteiger partial charge in [0.25, 0.3) is 0 Å². The number of carbonyl (C=O) groups excluding carboxylic acids is 1. The van der Waals surface area contributed by atoms with Gasteiger partial charge in [0.15, 0.2) is 0 Å². The summed E-state index contributed by atoms with van der Waals surface area (Å²) < 4.78 is 5.41. The molecule has 0 N–H and O–H groups in total. The van der Waals surface area contributed by atoms with Crippen molar-refractivity contribution in [3.63, 3.8) is 0 Å². The number of amides is 1. The van der Waals surface area contributed by atoms with E-state index in [0.717, 1.165) is 31.4 Å². The van der Waals surface area contributed by atoms with Gasteiger partial charge in [-0.15, -0.1) is 0 Å². The molecule has 1 aliphatic rings. The van der Waals surface area contributed by atoms with E-state index in [9.17, 15) is 4.79 Å². The number of hydrogen-bond acceptors (Lipinski definition) is 4. The molecule has 0 aliphatic carbocycles. The molecule has 2 heterocycles. The third-order valence-corrected chi connectivity index (χ3v) is 3.80. The molecule has 1 saturated heterocycles. The van der Waals surface area contributed by atoms with Gasteiger partial charge in [0.05, 0.1) is 0 Å². The minimum Gasteiger partial charge on any atom is -0.337 e. The largest absolute Gasteiger partial charge is 0.337 e. The zero-order valence-electron chi connectivity index (χ0n) is 12.2. The molecule has 1 aromatic heterocycles. The van der Waals surface area contributed by atoms with Crippen LogP contribution in [0.3, 0.4) is 0 Å². The van der Waals surface area contributed by atoms with E-state index >= 15 is 0 Å². The van der Waals surface area contributed by atoms with Crippen molar-refractivity contribution in [2.45, 2.75) is 38.6 Å². The average Bonchev–Trinajstić information content (AvgIpc) is 3.17. The fourth-order valence-electron chi connectivity index (χ4n) is 2.75. The van der Waals surface area contributed by atoms with Crippen LogP contribution in [-0.4, -0.2) is 27.5 Å². The van der Waals surface area contributed by atoms with E-state index in [-0.39, 0.29) is 11.9 Å². The number of likely N-dealkylation sites (tertiary alicyclic amines) is 1. The normalized spacial score (nSPS) is 18.1. The number of carbonyl (C=O) groups is 1. The van der Waals surface area contributed by atoms with Crippen molar-refractivity contribution in [2.75, 3.05) is 6.54 Å². The third kappa shape index (κ3) is 2.82. The standard InChI is InChI=1S/C16H19N3O2/c1-2-7-14(20)19-11-6-10-13(19)16-17-15(18-21-16)12-8-4-3-5-9-12/h3-5,8-9,13H,2,6-7,10-11H2,1H3/t13-/m0/s1. The first-order valence-electron chi connectivity index (χ1n) is 7.48. The van der Waals surface area contributed by atoms with Gasteiger partial charge in [0.2, 0.25) is 17.6 Å². The Morgan fingerprint density at radius 3 is 2.95 bits per heavy atom. The topological polar surface area (TPSA) is 59.2 Å². The molecule has 1 fully saturated rings. The number of hydrogen-bond donors (Lipinski definition) is 0. The van der Waals surface area contributed by atoms with Crippen molar-refractivity contribution in [2.24, 2.45) is 0 Å². The van der Waals surface area contributed by atoms with Gasteiger partial charge in [0, 0.05) is 18.5 Å². The van der Waals surface area contributed by atoms with Gasteiger partial charge >= 0.3 is 0 Å². The maximum Gasteiger partial charge on any atom is 0.249 e. The Morgan fingerprint density at radius 1 is 1.38 bits per heavy atom. The van der Waals surface area contributed by atoms with Gasteiger partial charge in [-0.05, 0) is 19.3 Å². The second kappa shape index (κ2) is 6.08. The Hall–Kier alpha value is -2.17. The maximum atomic E-state index is 12.1. The predicted octanol–water partition coefficient (Wildman–Crippen LogP) is 3.20. The van der Waals surface area contributed by atoms with Crippen LogP contribution in [0.1, 0.15) is 44.5 Å². The van der Waals surface area contributed by atoms with Crippen molar-refractivity contribution >= 4 is 5.91 Å². The molecule has 1 aromatic carbocycles. The van der Waals surface area contributed by atoms with Crippen molar-refractivity contribution in [1.82, 2.24) is 15.0 Å². The summed E-state index contributed by atoms with van der Waals surface area (Å²) in [6.45, 7) is 2.80. The Bertz CT molecular complexity index is 609. The molecule has 1 amide bonds. The molecule has 110 valence electrons. The number of aromatic nitrogens is 2. The van der Waals surface area contributed by atoms with E-state index in [4.69, 9.17) is 4.52 Å². The number of rotatable bonds is 4. The van der Waals surface area contributed by atoms with E-state index in [2.05, 4.69) is 10.1 Å². The highest BCUT2D eigenvalue weighted by atomic mass is 16.5. The van der Waals surface area contributed by atoms with Gasteiger partial charge in [-0.3, -0.25) is 4.79 Å². The fourth-order valence-corrected chi connectivity index (χ4v) is 2.75. The molecule has 21 heavy (non-hydrogen) atoms. The summed E-state index contributed by atoms with van der Waals surface area (Å²) >= 11 is 0. The van der Waals surface area contributed by atoms with E-state index in [1.807, 2.05) is 42.2 Å². The molecule has 2 aromatic rings. The van der Waals surface area contributed by atoms with Crippen LogP contribution in [0.5, 0.6) is 0 Å². The van der Waals surface area contributed by atoms with Crippen molar-refractivity contribution in [3.05, 3.63) is 36.2 Å². The molecule has 1 aliphatic heterocycles. The van der Waals surface area contributed by atoms with Gasteiger partial charge in [-0.25, -0.2) is 0 Å². The first-order valence-corrected chi connectivity index (χ1v) is 7.48. The summed E-state index contributed by atoms with van der Waals surface area (Å²) in [5, 5.41) is 4.05. The summed E-state index contributed by atoms with van der Waals surface area (Å²) in [5.74, 6) is 1.32. The van der Waals surface area contributed by atoms with Gasteiger partial charge < -0.3 is 9.42 Å². The Balaban J connectivity index is 1.81. The average molecular weight is 285 g/mol.